The van der Waals surface area contributed by atoms with E-state index in [1.54, 1.807) is 38.1 Å². The molecule has 0 aliphatic carbocycles. The van der Waals surface area contributed by atoms with Gasteiger partial charge in [-0.25, -0.2) is 9.59 Å². The van der Waals surface area contributed by atoms with Gasteiger partial charge in [0.25, 0.3) is 0 Å². The maximum Gasteiger partial charge on any atom is 0.416 e. The molecule has 1 aliphatic rings. The molecule has 0 unspecified atom stereocenters. The van der Waals surface area contributed by atoms with Gasteiger partial charge in [0.05, 0.1) is 17.7 Å². The number of halogens is 3. The fraction of sp³-hybridized carbons (Fsp3) is 0.370. The standard InChI is InChI=1S/C27H28F3NO5/c1-4-22(25(33)35-5-2)31-17(3)24(26(34)36-16-18-9-7-6-8-10-18)21(15-23(31)32)19-11-13-20(14-12-19)27(28,29)30/h6-14,21-22H,4-5,15-16H2,1-3H3/t21-,22+/m0/s1. The molecule has 36 heavy (non-hydrogen) atoms. The van der Waals surface area contributed by atoms with Crippen LogP contribution in [0.5, 0.6) is 0 Å². The minimum Gasteiger partial charge on any atom is -0.464 e. The van der Waals surface area contributed by atoms with Crippen LogP contribution in [0.4, 0.5) is 13.2 Å². The molecule has 0 radical (unpaired) electrons. The van der Waals surface area contributed by atoms with Crippen LogP contribution >= 0.6 is 0 Å². The largest absolute Gasteiger partial charge is 0.464 e. The Bertz CT molecular complexity index is 1130. The van der Waals surface area contributed by atoms with Crippen molar-refractivity contribution in [3.8, 4) is 0 Å². The number of ether oxygens (including phenoxy) is 2. The predicted molar refractivity (Wildman–Crippen MR) is 125 cm³/mol. The summed E-state index contributed by atoms with van der Waals surface area (Å²) in [6, 6.07) is 12.4. The topological polar surface area (TPSA) is 72.9 Å². The summed E-state index contributed by atoms with van der Waals surface area (Å²) in [4.78, 5) is 40.4. The number of benzene rings is 2. The highest BCUT2D eigenvalue weighted by Gasteiger charge is 2.42. The van der Waals surface area contributed by atoms with E-state index in [0.29, 0.717) is 5.56 Å². The minimum absolute atomic E-state index is 0.0286. The number of hydrogen-bond acceptors (Lipinski definition) is 5. The van der Waals surface area contributed by atoms with Crippen LogP contribution in [0.25, 0.3) is 0 Å². The molecule has 0 aromatic heterocycles. The molecule has 192 valence electrons. The maximum absolute atomic E-state index is 13.3. The first-order valence-electron chi connectivity index (χ1n) is 11.7. The normalized spacial score (nSPS) is 17.1. The average Bonchev–Trinajstić information content (AvgIpc) is 2.85. The Morgan fingerprint density at radius 3 is 2.22 bits per heavy atom. The van der Waals surface area contributed by atoms with Crippen molar-refractivity contribution >= 4 is 17.8 Å². The third kappa shape index (κ3) is 5.95. The molecule has 1 aliphatic heterocycles. The summed E-state index contributed by atoms with van der Waals surface area (Å²) in [5, 5.41) is 0. The van der Waals surface area contributed by atoms with Crippen LogP contribution in [0.3, 0.4) is 0 Å². The number of nitrogens with zero attached hydrogens (tertiary/aromatic N) is 1. The van der Waals surface area contributed by atoms with E-state index in [1.165, 1.54) is 24.0 Å². The molecular weight excluding hydrogens is 475 g/mol. The van der Waals surface area contributed by atoms with E-state index in [4.69, 9.17) is 9.47 Å². The lowest BCUT2D eigenvalue weighted by molar-refractivity contribution is -0.154. The fourth-order valence-corrected chi connectivity index (χ4v) is 4.32. The highest BCUT2D eigenvalue weighted by molar-refractivity contribution is 5.97. The summed E-state index contributed by atoms with van der Waals surface area (Å²) in [6.45, 7) is 5.00. The maximum atomic E-state index is 13.3. The number of carbonyl (C=O) groups excluding carboxylic acids is 3. The van der Waals surface area contributed by atoms with E-state index < -0.39 is 41.5 Å². The monoisotopic (exact) mass is 503 g/mol. The first-order chi connectivity index (χ1) is 17.1. The number of amides is 1. The third-order valence-corrected chi connectivity index (χ3v) is 6.08. The van der Waals surface area contributed by atoms with E-state index in [9.17, 15) is 27.6 Å². The van der Waals surface area contributed by atoms with Gasteiger partial charge in [0.2, 0.25) is 5.91 Å². The van der Waals surface area contributed by atoms with E-state index in [1.807, 2.05) is 6.07 Å². The number of allylic oxidation sites excluding steroid dienone is 1. The molecule has 3 rings (SSSR count). The van der Waals surface area contributed by atoms with Crippen LogP contribution in [-0.2, 0) is 36.6 Å². The summed E-state index contributed by atoms with van der Waals surface area (Å²) in [5.74, 6) is -2.58. The van der Waals surface area contributed by atoms with Gasteiger partial charge in [0.1, 0.15) is 12.6 Å². The van der Waals surface area contributed by atoms with Crippen LogP contribution in [0.15, 0.2) is 65.9 Å². The molecule has 6 nitrogen and oxygen atoms in total. The van der Waals surface area contributed by atoms with E-state index >= 15 is 0 Å². The molecule has 2 atom stereocenters. The molecule has 9 heteroatoms. The van der Waals surface area contributed by atoms with Gasteiger partial charge in [-0.2, -0.15) is 13.2 Å². The summed E-state index contributed by atoms with van der Waals surface area (Å²) < 4.78 is 49.9. The van der Waals surface area contributed by atoms with E-state index in [0.717, 1.165) is 17.7 Å². The van der Waals surface area contributed by atoms with Crippen molar-refractivity contribution in [3.63, 3.8) is 0 Å². The number of rotatable bonds is 8. The molecule has 0 saturated carbocycles. The second-order valence-corrected chi connectivity index (χ2v) is 8.38. The summed E-state index contributed by atoms with van der Waals surface area (Å²) in [7, 11) is 0. The van der Waals surface area contributed by atoms with Crippen molar-refractivity contribution in [3.05, 3.63) is 82.6 Å². The van der Waals surface area contributed by atoms with Crippen LogP contribution in [0.2, 0.25) is 0 Å². The van der Waals surface area contributed by atoms with Crippen molar-refractivity contribution in [2.45, 2.75) is 58.4 Å². The van der Waals surface area contributed by atoms with Gasteiger partial charge in [0, 0.05) is 18.0 Å². The van der Waals surface area contributed by atoms with Crippen LogP contribution in [0.1, 0.15) is 56.2 Å². The van der Waals surface area contributed by atoms with Gasteiger partial charge >= 0.3 is 18.1 Å². The van der Waals surface area contributed by atoms with Gasteiger partial charge in [-0.05, 0) is 43.5 Å². The van der Waals surface area contributed by atoms with Gasteiger partial charge in [-0.1, -0.05) is 49.4 Å². The molecule has 2 aromatic carbocycles. The lowest BCUT2D eigenvalue weighted by Crippen LogP contribution is -2.48. The summed E-state index contributed by atoms with van der Waals surface area (Å²) >= 11 is 0. The number of hydrogen-bond donors (Lipinski definition) is 0. The molecule has 0 fully saturated rings. The quantitative estimate of drug-likeness (QED) is 0.453. The van der Waals surface area contributed by atoms with Crippen LogP contribution < -0.4 is 0 Å². The zero-order valence-corrected chi connectivity index (χ0v) is 20.3. The Kier molecular flexibility index (Phi) is 8.55. The number of esters is 2. The number of carbonyl (C=O) groups is 3. The summed E-state index contributed by atoms with van der Waals surface area (Å²) in [5.41, 5.74) is 0.613. The molecule has 0 bridgehead atoms. The Labute approximate surface area is 207 Å². The Morgan fingerprint density at radius 1 is 1.03 bits per heavy atom. The smallest absolute Gasteiger partial charge is 0.416 e. The first-order valence-corrected chi connectivity index (χ1v) is 11.7. The zero-order chi connectivity index (χ0) is 26.5. The van der Waals surface area contributed by atoms with E-state index in [2.05, 4.69) is 0 Å². The Morgan fingerprint density at radius 2 is 1.67 bits per heavy atom. The van der Waals surface area contributed by atoms with E-state index in [-0.39, 0.29) is 37.3 Å². The third-order valence-electron chi connectivity index (χ3n) is 6.08. The molecule has 0 N–H and O–H groups in total. The molecule has 0 saturated heterocycles. The molecular formula is C27H28F3NO5. The second kappa shape index (κ2) is 11.4. The fourth-order valence-electron chi connectivity index (χ4n) is 4.32. The first kappa shape index (κ1) is 27.0. The lowest BCUT2D eigenvalue weighted by atomic mass is 9.82. The van der Waals surface area contributed by atoms with Crippen LogP contribution in [-0.4, -0.2) is 35.4 Å². The van der Waals surface area contributed by atoms with Crippen molar-refractivity contribution in [1.82, 2.24) is 4.90 Å². The molecule has 1 amide bonds. The number of alkyl halides is 3. The highest BCUT2D eigenvalue weighted by atomic mass is 19.4. The van der Waals surface area contributed by atoms with Gasteiger partial charge < -0.3 is 14.4 Å². The molecule has 0 spiro atoms. The van der Waals surface area contributed by atoms with Crippen molar-refractivity contribution in [2.24, 2.45) is 0 Å². The molecule has 2 aromatic rings. The average molecular weight is 504 g/mol. The SMILES string of the molecule is CCOC(=O)[C@@H](CC)N1C(=O)C[C@@H](c2ccc(C(F)(F)F)cc2)C(C(=O)OCc2ccccc2)=C1C. The van der Waals surface area contributed by atoms with Crippen LogP contribution in [0, 0.1) is 0 Å². The lowest BCUT2D eigenvalue weighted by Gasteiger charge is -2.38. The minimum atomic E-state index is -4.52. The second-order valence-electron chi connectivity index (χ2n) is 8.38. The highest BCUT2D eigenvalue weighted by Crippen LogP contribution is 2.39. The summed E-state index contributed by atoms with van der Waals surface area (Å²) in [6.07, 6.45) is -4.48. The van der Waals surface area contributed by atoms with Gasteiger partial charge in [-0.3, -0.25) is 4.79 Å². The predicted octanol–water partition coefficient (Wildman–Crippen LogP) is 5.38. The zero-order valence-electron chi connectivity index (χ0n) is 20.3. The Balaban J connectivity index is 2.03. The van der Waals surface area contributed by atoms with Crippen molar-refractivity contribution in [1.29, 1.82) is 0 Å². The molecule has 1 heterocycles. The Hall–Kier alpha value is -3.62. The van der Waals surface area contributed by atoms with Gasteiger partial charge in [-0.15, -0.1) is 0 Å². The van der Waals surface area contributed by atoms with Crippen molar-refractivity contribution < 1.29 is 37.0 Å². The van der Waals surface area contributed by atoms with Gasteiger partial charge in [0.15, 0.2) is 0 Å². The van der Waals surface area contributed by atoms with Crippen molar-refractivity contribution in [2.75, 3.05) is 6.61 Å².